The molecule has 0 radical (unpaired) electrons. The van der Waals surface area contributed by atoms with Gasteiger partial charge in [0.1, 0.15) is 0 Å². The van der Waals surface area contributed by atoms with Crippen molar-refractivity contribution in [2.45, 2.75) is 32.1 Å². The van der Waals surface area contributed by atoms with Gasteiger partial charge in [0.15, 0.2) is 0 Å². The Kier molecular flexibility index (Phi) is 2.59. The van der Waals surface area contributed by atoms with Gasteiger partial charge < -0.3 is 9.88 Å². The normalized spacial score (nSPS) is 22.1. The summed E-state index contributed by atoms with van der Waals surface area (Å²) in [4.78, 5) is 4.54. The predicted molar refractivity (Wildman–Crippen MR) is 57.5 cm³/mol. The molecular weight excluding hydrogens is 174 g/mol. The van der Waals surface area contributed by atoms with Gasteiger partial charge in [-0.25, -0.2) is 4.98 Å². The Hall–Kier alpha value is -0.830. The van der Waals surface area contributed by atoms with Crippen molar-refractivity contribution < 1.29 is 0 Å². The molecule has 0 aliphatic carbocycles. The molecule has 0 aromatic carbocycles. The van der Waals surface area contributed by atoms with Gasteiger partial charge in [0.25, 0.3) is 0 Å². The highest BCUT2D eigenvalue weighted by molar-refractivity contribution is 5.22. The van der Waals surface area contributed by atoms with E-state index in [9.17, 15) is 0 Å². The fourth-order valence-corrected chi connectivity index (χ4v) is 2.36. The van der Waals surface area contributed by atoms with Crippen LogP contribution in [0.2, 0.25) is 0 Å². The summed E-state index contributed by atoms with van der Waals surface area (Å²) in [5, 5.41) is 3.40. The topological polar surface area (TPSA) is 29.9 Å². The molecule has 0 spiro atoms. The van der Waals surface area contributed by atoms with Crippen molar-refractivity contribution in [2.75, 3.05) is 13.1 Å². The van der Waals surface area contributed by atoms with Crippen LogP contribution in [0.5, 0.6) is 0 Å². The van der Waals surface area contributed by atoms with Crippen LogP contribution in [-0.2, 0) is 7.05 Å². The zero-order chi connectivity index (χ0) is 10.1. The summed E-state index contributed by atoms with van der Waals surface area (Å²) in [6.07, 6.45) is 3.18. The van der Waals surface area contributed by atoms with Gasteiger partial charge in [-0.3, -0.25) is 0 Å². The SMILES string of the molecule is CC(C)c1c(C2CCNC2)ncn1C. The average molecular weight is 193 g/mol. The van der Waals surface area contributed by atoms with Crippen molar-refractivity contribution in [1.29, 1.82) is 0 Å². The van der Waals surface area contributed by atoms with Crippen LogP contribution >= 0.6 is 0 Å². The van der Waals surface area contributed by atoms with E-state index in [1.807, 2.05) is 6.33 Å². The van der Waals surface area contributed by atoms with Gasteiger partial charge in [0.05, 0.1) is 12.0 Å². The van der Waals surface area contributed by atoms with E-state index in [1.165, 1.54) is 17.8 Å². The van der Waals surface area contributed by atoms with Crippen molar-refractivity contribution in [3.05, 3.63) is 17.7 Å². The minimum Gasteiger partial charge on any atom is -0.337 e. The molecule has 78 valence electrons. The van der Waals surface area contributed by atoms with Crippen molar-refractivity contribution >= 4 is 0 Å². The Morgan fingerprint density at radius 2 is 2.36 bits per heavy atom. The van der Waals surface area contributed by atoms with Crippen LogP contribution < -0.4 is 5.32 Å². The Morgan fingerprint density at radius 1 is 1.57 bits per heavy atom. The van der Waals surface area contributed by atoms with E-state index in [0.717, 1.165) is 13.1 Å². The molecule has 1 unspecified atom stereocenters. The lowest BCUT2D eigenvalue weighted by Gasteiger charge is -2.13. The molecule has 3 heteroatoms. The molecule has 0 amide bonds. The average Bonchev–Trinajstić information content (AvgIpc) is 2.70. The Labute approximate surface area is 85.5 Å². The van der Waals surface area contributed by atoms with E-state index in [2.05, 4.69) is 35.8 Å². The fourth-order valence-electron chi connectivity index (χ4n) is 2.36. The van der Waals surface area contributed by atoms with Crippen molar-refractivity contribution in [3.8, 4) is 0 Å². The summed E-state index contributed by atoms with van der Waals surface area (Å²) in [6.45, 7) is 6.71. The Morgan fingerprint density at radius 3 is 2.93 bits per heavy atom. The summed E-state index contributed by atoms with van der Waals surface area (Å²) in [7, 11) is 2.09. The van der Waals surface area contributed by atoms with Gasteiger partial charge in [-0.05, 0) is 18.9 Å². The van der Waals surface area contributed by atoms with Crippen LogP contribution in [0.25, 0.3) is 0 Å². The standard InChI is InChI=1S/C11H19N3/c1-8(2)11-10(13-7-14(11)3)9-4-5-12-6-9/h7-9,12H,4-6H2,1-3H3. The number of nitrogens with one attached hydrogen (secondary N) is 1. The molecule has 1 fully saturated rings. The van der Waals surface area contributed by atoms with E-state index in [4.69, 9.17) is 0 Å². The quantitative estimate of drug-likeness (QED) is 0.773. The number of rotatable bonds is 2. The van der Waals surface area contributed by atoms with E-state index in [-0.39, 0.29) is 0 Å². The summed E-state index contributed by atoms with van der Waals surface area (Å²) >= 11 is 0. The third-order valence-corrected chi connectivity index (χ3v) is 3.01. The summed E-state index contributed by atoms with van der Waals surface area (Å²) in [5.41, 5.74) is 2.71. The van der Waals surface area contributed by atoms with Crippen LogP contribution in [0.1, 0.15) is 43.5 Å². The molecule has 2 rings (SSSR count). The second-order valence-corrected chi connectivity index (χ2v) is 4.47. The summed E-state index contributed by atoms with van der Waals surface area (Å²) in [5.74, 6) is 1.20. The second kappa shape index (κ2) is 3.73. The van der Waals surface area contributed by atoms with E-state index in [0.29, 0.717) is 11.8 Å². The number of imidazole rings is 1. The van der Waals surface area contributed by atoms with Crippen molar-refractivity contribution in [1.82, 2.24) is 14.9 Å². The number of aryl methyl sites for hydroxylation is 1. The lowest BCUT2D eigenvalue weighted by Crippen LogP contribution is -2.10. The first-order chi connectivity index (χ1) is 6.70. The predicted octanol–water partition coefficient (Wildman–Crippen LogP) is 1.62. The highest BCUT2D eigenvalue weighted by Crippen LogP contribution is 2.28. The molecule has 1 atom stereocenters. The monoisotopic (exact) mass is 193 g/mol. The fraction of sp³-hybridized carbons (Fsp3) is 0.727. The van der Waals surface area contributed by atoms with Crippen LogP contribution in [0.3, 0.4) is 0 Å². The second-order valence-electron chi connectivity index (χ2n) is 4.47. The van der Waals surface area contributed by atoms with Gasteiger partial charge >= 0.3 is 0 Å². The van der Waals surface area contributed by atoms with Gasteiger partial charge in [0, 0.05) is 25.2 Å². The maximum atomic E-state index is 4.54. The molecule has 0 bridgehead atoms. The number of hydrogen-bond acceptors (Lipinski definition) is 2. The van der Waals surface area contributed by atoms with Gasteiger partial charge in [-0.15, -0.1) is 0 Å². The maximum Gasteiger partial charge on any atom is 0.0949 e. The minimum atomic E-state index is 0.568. The zero-order valence-corrected chi connectivity index (χ0v) is 9.25. The smallest absolute Gasteiger partial charge is 0.0949 e. The number of nitrogens with zero attached hydrogens (tertiary/aromatic N) is 2. The summed E-state index contributed by atoms with van der Waals surface area (Å²) in [6, 6.07) is 0. The third kappa shape index (κ3) is 1.57. The van der Waals surface area contributed by atoms with Crippen LogP contribution in [0.4, 0.5) is 0 Å². The van der Waals surface area contributed by atoms with E-state index < -0.39 is 0 Å². The molecular formula is C11H19N3. The molecule has 14 heavy (non-hydrogen) atoms. The lowest BCUT2D eigenvalue weighted by molar-refractivity contribution is 0.681. The molecule has 2 heterocycles. The highest BCUT2D eigenvalue weighted by atomic mass is 15.0. The van der Waals surface area contributed by atoms with Gasteiger partial charge in [0.2, 0.25) is 0 Å². The van der Waals surface area contributed by atoms with E-state index >= 15 is 0 Å². The first-order valence-corrected chi connectivity index (χ1v) is 5.42. The van der Waals surface area contributed by atoms with Gasteiger partial charge in [-0.1, -0.05) is 13.8 Å². The first-order valence-electron chi connectivity index (χ1n) is 5.42. The number of hydrogen-bond donors (Lipinski definition) is 1. The number of aromatic nitrogens is 2. The molecule has 0 saturated carbocycles. The molecule has 1 aliphatic heterocycles. The Balaban J connectivity index is 2.32. The molecule has 1 N–H and O–H groups in total. The molecule has 1 aliphatic rings. The lowest BCUT2D eigenvalue weighted by atomic mass is 9.98. The van der Waals surface area contributed by atoms with Crippen LogP contribution in [0, 0.1) is 0 Å². The third-order valence-electron chi connectivity index (χ3n) is 3.01. The largest absolute Gasteiger partial charge is 0.337 e. The van der Waals surface area contributed by atoms with Crippen molar-refractivity contribution in [3.63, 3.8) is 0 Å². The molecule has 1 saturated heterocycles. The first kappa shape index (κ1) is 9.71. The minimum absolute atomic E-state index is 0.568. The van der Waals surface area contributed by atoms with Crippen LogP contribution in [0.15, 0.2) is 6.33 Å². The maximum absolute atomic E-state index is 4.54. The van der Waals surface area contributed by atoms with Gasteiger partial charge in [-0.2, -0.15) is 0 Å². The molecule has 1 aromatic heterocycles. The molecule has 1 aromatic rings. The Bertz CT molecular complexity index is 308. The van der Waals surface area contributed by atoms with Crippen LogP contribution in [-0.4, -0.2) is 22.6 Å². The van der Waals surface area contributed by atoms with Crippen molar-refractivity contribution in [2.24, 2.45) is 7.05 Å². The highest BCUT2D eigenvalue weighted by Gasteiger charge is 2.23. The van der Waals surface area contributed by atoms with E-state index in [1.54, 1.807) is 0 Å². The zero-order valence-electron chi connectivity index (χ0n) is 9.25. The molecule has 3 nitrogen and oxygen atoms in total. The summed E-state index contributed by atoms with van der Waals surface area (Å²) < 4.78 is 2.16.